The molecule has 0 fully saturated rings. The Morgan fingerprint density at radius 2 is 1.78 bits per heavy atom. The summed E-state index contributed by atoms with van der Waals surface area (Å²) >= 11 is 0. The van der Waals surface area contributed by atoms with Crippen LogP contribution in [-0.4, -0.2) is 79.8 Å². The van der Waals surface area contributed by atoms with E-state index in [2.05, 4.69) is 5.32 Å². The zero-order valence-corrected chi connectivity index (χ0v) is 20.0. The largest absolute Gasteiger partial charge is 0.502 e. The van der Waals surface area contributed by atoms with E-state index in [1.54, 1.807) is 12.1 Å². The molecular formula is C24H29FN4O7. The van der Waals surface area contributed by atoms with Gasteiger partial charge in [-0.25, -0.2) is 4.39 Å². The molecule has 3 heterocycles. The maximum atomic E-state index is 13.8. The van der Waals surface area contributed by atoms with E-state index in [0.29, 0.717) is 51.4 Å². The molecule has 0 saturated heterocycles. The summed E-state index contributed by atoms with van der Waals surface area (Å²) in [6, 6.07) is 3.95. The second-order valence-electron chi connectivity index (χ2n) is 8.50. The maximum absolute atomic E-state index is 13.8. The third-order valence-corrected chi connectivity index (χ3v) is 5.87. The number of aromatic nitrogens is 1. The molecule has 0 unspecified atom stereocenters. The van der Waals surface area contributed by atoms with Gasteiger partial charge in [0, 0.05) is 57.6 Å². The summed E-state index contributed by atoms with van der Waals surface area (Å²) in [6.45, 7) is 2.56. The third-order valence-electron chi connectivity index (χ3n) is 5.87. The number of aromatic hydroxyl groups is 1. The molecule has 0 aliphatic carbocycles. The highest BCUT2D eigenvalue weighted by atomic mass is 19.1. The molecule has 2 bridgehead atoms. The number of ether oxygens (including phenoxy) is 3. The smallest absolute Gasteiger partial charge is 0.277 e. The average Bonchev–Trinajstić information content (AvgIpc) is 2.85. The monoisotopic (exact) mass is 504 g/mol. The lowest BCUT2D eigenvalue weighted by Crippen LogP contribution is -2.53. The van der Waals surface area contributed by atoms with Crippen molar-refractivity contribution >= 4 is 11.8 Å². The Labute approximate surface area is 206 Å². The number of halogens is 1. The van der Waals surface area contributed by atoms with Crippen molar-refractivity contribution < 1.29 is 33.3 Å². The van der Waals surface area contributed by atoms with Gasteiger partial charge < -0.3 is 29.5 Å². The van der Waals surface area contributed by atoms with Crippen molar-refractivity contribution in [2.75, 3.05) is 58.3 Å². The second-order valence-corrected chi connectivity index (χ2v) is 8.50. The Hall–Kier alpha value is -3.64. The fourth-order valence-corrected chi connectivity index (χ4v) is 4.00. The van der Waals surface area contributed by atoms with Gasteiger partial charge in [-0.05, 0) is 12.5 Å². The van der Waals surface area contributed by atoms with Crippen LogP contribution in [0.1, 0.15) is 39.3 Å². The van der Waals surface area contributed by atoms with E-state index in [-0.39, 0.29) is 36.8 Å². The summed E-state index contributed by atoms with van der Waals surface area (Å²) in [5.41, 5.74) is -0.987. The molecule has 194 valence electrons. The highest BCUT2D eigenvalue weighted by Gasteiger charge is 2.32. The van der Waals surface area contributed by atoms with Crippen LogP contribution in [0.3, 0.4) is 0 Å². The van der Waals surface area contributed by atoms with Crippen molar-refractivity contribution in [2.45, 2.75) is 19.4 Å². The number of rotatable bonds is 0. The number of hydrogen-bond donors (Lipinski definition) is 2. The first-order valence-electron chi connectivity index (χ1n) is 11.7. The Morgan fingerprint density at radius 3 is 2.56 bits per heavy atom. The van der Waals surface area contributed by atoms with E-state index in [4.69, 9.17) is 14.2 Å². The van der Waals surface area contributed by atoms with Crippen LogP contribution in [0, 0.1) is 5.82 Å². The molecule has 4 rings (SSSR count). The summed E-state index contributed by atoms with van der Waals surface area (Å²) in [6.07, 6.45) is 2.43. The zero-order valence-electron chi connectivity index (χ0n) is 20.0. The van der Waals surface area contributed by atoms with Crippen LogP contribution in [0.4, 0.5) is 4.39 Å². The van der Waals surface area contributed by atoms with Crippen LogP contribution < -0.4 is 20.5 Å². The lowest BCUT2D eigenvalue weighted by molar-refractivity contribution is 0.0424. The molecule has 0 spiro atoms. The van der Waals surface area contributed by atoms with Gasteiger partial charge in [-0.3, -0.25) is 24.1 Å². The summed E-state index contributed by atoms with van der Waals surface area (Å²) in [5.74, 6) is -2.32. The molecule has 36 heavy (non-hydrogen) atoms. The van der Waals surface area contributed by atoms with Crippen LogP contribution in [0.2, 0.25) is 0 Å². The minimum Gasteiger partial charge on any atom is -0.502 e. The minimum atomic E-state index is -0.955. The van der Waals surface area contributed by atoms with Gasteiger partial charge in [0.2, 0.25) is 5.43 Å². The number of fused-ring (bicyclic) bond motifs is 2. The van der Waals surface area contributed by atoms with Crippen molar-refractivity contribution in [1.29, 1.82) is 0 Å². The molecule has 0 radical (unpaired) electrons. The minimum absolute atomic E-state index is 0.0460. The zero-order chi connectivity index (χ0) is 25.7. The molecule has 1 aromatic carbocycles. The lowest BCUT2D eigenvalue weighted by atomic mass is 10.1. The number of amides is 2. The topological polar surface area (TPSA) is 123 Å². The maximum Gasteiger partial charge on any atom is 0.277 e. The first-order valence-corrected chi connectivity index (χ1v) is 11.7. The van der Waals surface area contributed by atoms with Crippen molar-refractivity contribution in [3.8, 4) is 11.5 Å². The van der Waals surface area contributed by atoms with Gasteiger partial charge in [0.05, 0.1) is 19.8 Å². The summed E-state index contributed by atoms with van der Waals surface area (Å²) < 4.78 is 32.0. The number of nitrogens with zero attached hydrogens (tertiary/aromatic N) is 3. The Bertz CT molecular complexity index is 1190. The first kappa shape index (κ1) is 25.5. The molecule has 2 aliphatic heterocycles. The number of carbonyl (C=O) groups excluding carboxylic acids is 2. The predicted octanol–water partition coefficient (Wildman–Crippen LogP) is 0.810. The standard InChI is InChI=1S/C24H29FN4O7/c1-27-15-28-6-2-7-34-10-11-35-8-3-9-36-19-12-17(25)5-4-16(19)13-26-23(32)18-14-29(28)20(24(27)33)22(31)21(18)30/h4-5,12,14,31H,2-3,6-11,13,15H2,1H3,(H,26,32). The lowest BCUT2D eigenvalue weighted by Gasteiger charge is -2.38. The van der Waals surface area contributed by atoms with Crippen molar-refractivity contribution in [1.82, 2.24) is 14.9 Å². The van der Waals surface area contributed by atoms with Crippen LogP contribution in [0.15, 0.2) is 29.2 Å². The van der Waals surface area contributed by atoms with Crippen molar-refractivity contribution in [3.05, 3.63) is 57.3 Å². The van der Waals surface area contributed by atoms with E-state index in [9.17, 15) is 23.9 Å². The molecule has 2 aromatic rings. The normalized spacial score (nSPS) is 18.2. The van der Waals surface area contributed by atoms with E-state index in [0.717, 1.165) is 0 Å². The van der Waals surface area contributed by atoms with Gasteiger partial charge in [0.15, 0.2) is 11.4 Å². The van der Waals surface area contributed by atoms with Gasteiger partial charge >= 0.3 is 0 Å². The molecule has 1 aromatic heterocycles. The average molecular weight is 505 g/mol. The number of hydrogen-bond acceptors (Lipinski definition) is 8. The molecule has 2 amide bonds. The van der Waals surface area contributed by atoms with E-state index < -0.39 is 28.8 Å². The molecule has 2 N–H and O–H groups in total. The SMILES string of the molecule is CN1CN2CCCOCCOCCCOc3cc(F)ccc3CNC(=O)c3cn2c(c(O)c3=O)C1=O. The number of nitrogens with one attached hydrogen (secondary N) is 1. The second kappa shape index (κ2) is 11.4. The van der Waals surface area contributed by atoms with Crippen molar-refractivity contribution in [2.24, 2.45) is 0 Å². The summed E-state index contributed by atoms with van der Waals surface area (Å²) in [5, 5.41) is 15.0. The summed E-state index contributed by atoms with van der Waals surface area (Å²) in [4.78, 5) is 39.9. The number of carbonyl (C=O) groups is 2. The highest BCUT2D eigenvalue weighted by Crippen LogP contribution is 2.22. The molecule has 12 heteroatoms. The number of benzene rings is 1. The van der Waals surface area contributed by atoms with Gasteiger partial charge in [-0.15, -0.1) is 0 Å². The van der Waals surface area contributed by atoms with Gasteiger partial charge in [0.1, 0.15) is 23.8 Å². The molecule has 2 aliphatic rings. The van der Waals surface area contributed by atoms with E-state index >= 15 is 0 Å². The highest BCUT2D eigenvalue weighted by molar-refractivity contribution is 5.99. The molecular weight excluding hydrogens is 475 g/mol. The third kappa shape index (κ3) is 5.60. The predicted molar refractivity (Wildman–Crippen MR) is 126 cm³/mol. The van der Waals surface area contributed by atoms with Crippen LogP contribution in [0.5, 0.6) is 11.5 Å². The van der Waals surface area contributed by atoms with E-state index in [1.807, 2.05) is 0 Å². The van der Waals surface area contributed by atoms with Crippen LogP contribution in [-0.2, 0) is 16.0 Å². The molecule has 0 atom stereocenters. The fourth-order valence-electron chi connectivity index (χ4n) is 4.00. The Kier molecular flexibility index (Phi) is 8.06. The molecule has 0 saturated carbocycles. The van der Waals surface area contributed by atoms with Gasteiger partial charge in [-0.2, -0.15) is 0 Å². The van der Waals surface area contributed by atoms with Gasteiger partial charge in [-0.1, -0.05) is 6.07 Å². The first-order chi connectivity index (χ1) is 17.4. The van der Waals surface area contributed by atoms with Crippen LogP contribution >= 0.6 is 0 Å². The fraction of sp³-hybridized carbons (Fsp3) is 0.458. The van der Waals surface area contributed by atoms with Crippen molar-refractivity contribution in [3.63, 3.8) is 0 Å². The quantitative estimate of drug-likeness (QED) is 0.541. The Morgan fingerprint density at radius 1 is 1.03 bits per heavy atom. The molecule has 11 nitrogen and oxygen atoms in total. The number of pyridine rings is 1. The van der Waals surface area contributed by atoms with E-state index in [1.165, 1.54) is 34.0 Å². The van der Waals surface area contributed by atoms with Gasteiger partial charge in [0.25, 0.3) is 11.8 Å². The summed E-state index contributed by atoms with van der Waals surface area (Å²) in [7, 11) is 1.56. The Balaban J connectivity index is 1.65. The van der Waals surface area contributed by atoms with Crippen LogP contribution in [0.25, 0.3) is 0 Å².